The monoisotopic (exact) mass is 314 g/mol. The van der Waals surface area contributed by atoms with Gasteiger partial charge in [-0.25, -0.2) is 4.79 Å². The Kier molecular flexibility index (Phi) is 4.51. The molecule has 1 fully saturated rings. The molecule has 0 amide bonds. The van der Waals surface area contributed by atoms with Gasteiger partial charge in [-0.1, -0.05) is 18.2 Å². The van der Waals surface area contributed by atoms with Crippen LogP contribution in [0, 0.1) is 23.7 Å². The summed E-state index contributed by atoms with van der Waals surface area (Å²) in [5.74, 6) is 1.59. The number of allylic oxidation sites excluding steroid dienone is 1. The van der Waals surface area contributed by atoms with Crippen LogP contribution >= 0.6 is 0 Å². The SMILES string of the molecule is C=C[C@@H]1C[C@@H]2Cc3c(cccc3OCC(=O)OC)C[C@@H]2[C@H]1C=O. The van der Waals surface area contributed by atoms with E-state index in [0.717, 1.165) is 31.3 Å². The number of esters is 1. The largest absolute Gasteiger partial charge is 0.482 e. The van der Waals surface area contributed by atoms with Gasteiger partial charge in [-0.3, -0.25) is 0 Å². The number of methoxy groups -OCH3 is 1. The van der Waals surface area contributed by atoms with Crippen molar-refractivity contribution in [3.8, 4) is 5.75 Å². The Hall–Kier alpha value is -2.10. The highest BCUT2D eigenvalue weighted by atomic mass is 16.6. The third kappa shape index (κ3) is 2.90. The zero-order valence-corrected chi connectivity index (χ0v) is 13.4. The first-order valence-corrected chi connectivity index (χ1v) is 8.06. The fourth-order valence-corrected chi connectivity index (χ4v) is 4.19. The summed E-state index contributed by atoms with van der Waals surface area (Å²) in [6, 6.07) is 5.94. The van der Waals surface area contributed by atoms with Gasteiger partial charge in [0.25, 0.3) is 0 Å². The molecule has 23 heavy (non-hydrogen) atoms. The predicted octanol–water partition coefficient (Wildman–Crippen LogP) is 2.59. The van der Waals surface area contributed by atoms with Crippen molar-refractivity contribution in [2.24, 2.45) is 23.7 Å². The topological polar surface area (TPSA) is 52.6 Å². The summed E-state index contributed by atoms with van der Waals surface area (Å²) in [6.45, 7) is 3.81. The Morgan fingerprint density at radius 1 is 1.39 bits per heavy atom. The number of carbonyl (C=O) groups excluding carboxylic acids is 2. The number of rotatable bonds is 5. The molecule has 0 heterocycles. The van der Waals surface area contributed by atoms with Gasteiger partial charge in [-0.15, -0.1) is 6.58 Å². The van der Waals surface area contributed by atoms with Gasteiger partial charge in [-0.2, -0.15) is 0 Å². The lowest BCUT2D eigenvalue weighted by molar-refractivity contribution is -0.142. The number of hydrogen-bond acceptors (Lipinski definition) is 4. The second kappa shape index (κ2) is 6.57. The minimum absolute atomic E-state index is 0.0743. The number of benzene rings is 1. The van der Waals surface area contributed by atoms with Gasteiger partial charge >= 0.3 is 5.97 Å². The molecule has 2 aliphatic carbocycles. The highest BCUT2D eigenvalue weighted by Gasteiger charge is 2.44. The van der Waals surface area contributed by atoms with Gasteiger partial charge in [0.1, 0.15) is 12.0 Å². The van der Waals surface area contributed by atoms with Crippen molar-refractivity contribution in [3.05, 3.63) is 42.0 Å². The lowest BCUT2D eigenvalue weighted by Gasteiger charge is -2.30. The summed E-state index contributed by atoms with van der Waals surface area (Å²) in [5, 5.41) is 0. The maximum atomic E-state index is 11.5. The standard InChI is InChI=1S/C19H22O4/c1-3-12-7-14-9-16-13(8-15(14)17(12)10-20)5-4-6-18(16)23-11-19(21)22-2/h3-6,10,12,14-15,17H,1,7-9,11H2,2H3/t12-,14-,15+,17+/m1/s1. The van der Waals surface area contributed by atoms with Crippen LogP contribution in [-0.2, 0) is 27.2 Å². The molecule has 0 unspecified atom stereocenters. The zero-order chi connectivity index (χ0) is 16.4. The fourth-order valence-electron chi connectivity index (χ4n) is 4.19. The Morgan fingerprint density at radius 3 is 2.91 bits per heavy atom. The molecule has 4 nitrogen and oxygen atoms in total. The number of ether oxygens (including phenoxy) is 2. The molecule has 1 saturated carbocycles. The van der Waals surface area contributed by atoms with E-state index >= 15 is 0 Å². The first kappa shape index (κ1) is 15.8. The molecule has 3 rings (SSSR count). The number of fused-ring (bicyclic) bond motifs is 2. The van der Waals surface area contributed by atoms with E-state index in [1.54, 1.807) is 0 Å². The Balaban J connectivity index is 1.83. The van der Waals surface area contributed by atoms with Gasteiger partial charge in [0.05, 0.1) is 7.11 Å². The van der Waals surface area contributed by atoms with Crippen LogP contribution in [0.5, 0.6) is 5.75 Å². The number of hydrogen-bond donors (Lipinski definition) is 0. The van der Waals surface area contributed by atoms with E-state index in [4.69, 9.17) is 4.74 Å². The molecule has 4 atom stereocenters. The maximum Gasteiger partial charge on any atom is 0.343 e. The highest BCUT2D eigenvalue weighted by molar-refractivity contribution is 5.71. The van der Waals surface area contributed by atoms with Crippen molar-refractivity contribution < 1.29 is 19.1 Å². The quantitative estimate of drug-likeness (QED) is 0.476. The van der Waals surface area contributed by atoms with Gasteiger partial charge in [0.15, 0.2) is 6.61 Å². The Bertz CT molecular complexity index is 622. The van der Waals surface area contributed by atoms with Crippen LogP contribution in [0.15, 0.2) is 30.9 Å². The molecule has 2 aliphatic rings. The normalized spacial score (nSPS) is 28.4. The molecule has 4 heteroatoms. The second-order valence-corrected chi connectivity index (χ2v) is 6.44. The van der Waals surface area contributed by atoms with Crippen LogP contribution in [0.2, 0.25) is 0 Å². The molecule has 122 valence electrons. The molecule has 0 bridgehead atoms. The van der Waals surface area contributed by atoms with Crippen LogP contribution in [0.1, 0.15) is 17.5 Å². The number of carbonyl (C=O) groups is 2. The summed E-state index contributed by atoms with van der Waals surface area (Å²) in [4.78, 5) is 22.8. The molecule has 0 aliphatic heterocycles. The summed E-state index contributed by atoms with van der Waals surface area (Å²) in [6.07, 6.45) is 5.83. The minimum atomic E-state index is -0.384. The van der Waals surface area contributed by atoms with Crippen LogP contribution in [0.3, 0.4) is 0 Å². The van der Waals surface area contributed by atoms with Gasteiger partial charge in [-0.05, 0) is 54.2 Å². The fraction of sp³-hybridized carbons (Fsp3) is 0.474. The summed E-state index contributed by atoms with van der Waals surface area (Å²) >= 11 is 0. The van der Waals surface area contributed by atoms with E-state index < -0.39 is 0 Å². The average molecular weight is 314 g/mol. The summed E-state index contributed by atoms with van der Waals surface area (Å²) < 4.78 is 10.3. The van der Waals surface area contributed by atoms with Crippen molar-refractivity contribution in [1.29, 1.82) is 0 Å². The highest BCUT2D eigenvalue weighted by Crippen LogP contribution is 2.49. The van der Waals surface area contributed by atoms with E-state index in [1.807, 2.05) is 18.2 Å². The van der Waals surface area contributed by atoms with Crippen LogP contribution in [-0.4, -0.2) is 26.0 Å². The second-order valence-electron chi connectivity index (χ2n) is 6.44. The molecule has 1 aromatic rings. The average Bonchev–Trinajstić information content (AvgIpc) is 2.94. The lowest BCUT2D eigenvalue weighted by atomic mass is 9.74. The predicted molar refractivity (Wildman–Crippen MR) is 86.2 cm³/mol. The number of aldehydes is 1. The minimum Gasteiger partial charge on any atom is -0.482 e. The van der Waals surface area contributed by atoms with Crippen molar-refractivity contribution in [3.63, 3.8) is 0 Å². The molecular formula is C19H22O4. The Morgan fingerprint density at radius 2 is 2.22 bits per heavy atom. The van der Waals surface area contributed by atoms with Gasteiger partial charge < -0.3 is 14.3 Å². The van der Waals surface area contributed by atoms with E-state index in [0.29, 0.717) is 11.8 Å². The summed E-state index contributed by atoms with van der Waals surface area (Å²) in [7, 11) is 1.35. The van der Waals surface area contributed by atoms with Crippen LogP contribution < -0.4 is 4.74 Å². The Labute approximate surface area is 136 Å². The van der Waals surface area contributed by atoms with Crippen LogP contribution in [0.4, 0.5) is 0 Å². The molecule has 0 spiro atoms. The van der Waals surface area contributed by atoms with E-state index in [9.17, 15) is 9.59 Å². The molecule has 0 radical (unpaired) electrons. The maximum absolute atomic E-state index is 11.5. The molecule has 1 aromatic carbocycles. The van der Waals surface area contributed by atoms with Crippen molar-refractivity contribution in [2.75, 3.05) is 13.7 Å². The first-order chi connectivity index (χ1) is 11.2. The first-order valence-electron chi connectivity index (χ1n) is 8.06. The van der Waals surface area contributed by atoms with Crippen molar-refractivity contribution in [1.82, 2.24) is 0 Å². The summed E-state index contributed by atoms with van der Waals surface area (Å²) in [5.41, 5.74) is 2.40. The zero-order valence-electron chi connectivity index (χ0n) is 13.4. The van der Waals surface area contributed by atoms with Crippen LogP contribution in [0.25, 0.3) is 0 Å². The van der Waals surface area contributed by atoms with Crippen molar-refractivity contribution in [2.45, 2.75) is 19.3 Å². The van der Waals surface area contributed by atoms with E-state index in [1.165, 1.54) is 18.2 Å². The molecule has 0 saturated heterocycles. The lowest BCUT2D eigenvalue weighted by Crippen LogP contribution is -2.27. The third-order valence-corrected chi connectivity index (χ3v) is 5.35. The third-order valence-electron chi connectivity index (χ3n) is 5.35. The molecule has 0 aromatic heterocycles. The smallest absolute Gasteiger partial charge is 0.343 e. The van der Waals surface area contributed by atoms with E-state index in [2.05, 4.69) is 17.4 Å². The van der Waals surface area contributed by atoms with Crippen molar-refractivity contribution >= 4 is 12.3 Å². The molecule has 0 N–H and O–H groups in total. The van der Waals surface area contributed by atoms with Gasteiger partial charge in [0.2, 0.25) is 0 Å². The molecular weight excluding hydrogens is 292 g/mol. The van der Waals surface area contributed by atoms with E-state index in [-0.39, 0.29) is 24.4 Å². The van der Waals surface area contributed by atoms with Gasteiger partial charge in [0, 0.05) is 5.92 Å².